The summed E-state index contributed by atoms with van der Waals surface area (Å²) in [5.74, 6) is -1.08. The van der Waals surface area contributed by atoms with E-state index in [-0.39, 0.29) is 13.0 Å². The summed E-state index contributed by atoms with van der Waals surface area (Å²) in [6.45, 7) is 5.35. The molecule has 2 atom stereocenters. The van der Waals surface area contributed by atoms with Crippen molar-refractivity contribution in [1.82, 2.24) is 5.32 Å². The van der Waals surface area contributed by atoms with Crippen LogP contribution >= 0.6 is 0 Å². The van der Waals surface area contributed by atoms with E-state index in [1.807, 2.05) is 32.0 Å². The maximum absolute atomic E-state index is 11.6. The van der Waals surface area contributed by atoms with Crippen LogP contribution in [0.15, 0.2) is 18.2 Å². The zero-order chi connectivity index (χ0) is 16.0. The monoisotopic (exact) mass is 295 g/mol. The highest BCUT2D eigenvalue weighted by Crippen LogP contribution is 2.16. The number of ether oxygens (including phenoxy) is 1. The van der Waals surface area contributed by atoms with Crippen molar-refractivity contribution in [3.05, 3.63) is 29.3 Å². The van der Waals surface area contributed by atoms with Gasteiger partial charge in [0.05, 0.1) is 19.1 Å². The number of aryl methyl sites for hydroxylation is 2. The molecule has 21 heavy (non-hydrogen) atoms. The Morgan fingerprint density at radius 1 is 1.24 bits per heavy atom. The van der Waals surface area contributed by atoms with Gasteiger partial charge in [0.15, 0.2) is 6.04 Å². The number of nitrogens with one attached hydrogen (secondary N) is 1. The highest BCUT2D eigenvalue weighted by Gasteiger charge is 2.24. The number of aliphatic hydroxyl groups is 1. The molecule has 0 aliphatic carbocycles. The lowest BCUT2D eigenvalue weighted by atomic mass is 10.1. The summed E-state index contributed by atoms with van der Waals surface area (Å²) in [7, 11) is 0. The number of rotatable bonds is 7. The van der Waals surface area contributed by atoms with Gasteiger partial charge in [-0.2, -0.15) is 0 Å². The summed E-state index contributed by atoms with van der Waals surface area (Å²) in [4.78, 5) is 22.5. The number of aliphatic hydroxyl groups excluding tert-OH is 1. The van der Waals surface area contributed by atoms with E-state index < -0.39 is 24.0 Å². The summed E-state index contributed by atoms with van der Waals surface area (Å²) in [6.07, 6.45) is -1.14. The van der Waals surface area contributed by atoms with Crippen LogP contribution in [0, 0.1) is 13.8 Å². The van der Waals surface area contributed by atoms with Crippen LogP contribution < -0.4 is 10.1 Å². The molecule has 3 N–H and O–H groups in total. The molecule has 116 valence electrons. The number of carbonyl (C=O) groups excluding carboxylic acids is 1. The Morgan fingerprint density at radius 2 is 1.81 bits per heavy atom. The molecular weight excluding hydrogens is 274 g/mol. The van der Waals surface area contributed by atoms with E-state index in [1.165, 1.54) is 6.92 Å². The first-order chi connectivity index (χ1) is 9.79. The van der Waals surface area contributed by atoms with Gasteiger partial charge in [0, 0.05) is 0 Å². The fourth-order valence-electron chi connectivity index (χ4n) is 1.91. The first-order valence-corrected chi connectivity index (χ1v) is 6.71. The molecule has 0 saturated carbocycles. The molecule has 0 bridgehead atoms. The van der Waals surface area contributed by atoms with E-state index in [9.17, 15) is 14.7 Å². The van der Waals surface area contributed by atoms with Gasteiger partial charge in [-0.05, 0) is 44.0 Å². The van der Waals surface area contributed by atoms with E-state index in [0.29, 0.717) is 5.75 Å². The van der Waals surface area contributed by atoms with Gasteiger partial charge in [-0.25, -0.2) is 4.79 Å². The number of hydrogen-bond acceptors (Lipinski definition) is 4. The molecular formula is C15H21NO5. The van der Waals surface area contributed by atoms with Crippen molar-refractivity contribution in [3.63, 3.8) is 0 Å². The third kappa shape index (κ3) is 5.83. The van der Waals surface area contributed by atoms with Crippen molar-refractivity contribution in [3.8, 4) is 5.75 Å². The van der Waals surface area contributed by atoms with Crippen LogP contribution in [0.2, 0.25) is 0 Å². The minimum atomic E-state index is -1.31. The van der Waals surface area contributed by atoms with Gasteiger partial charge in [-0.3, -0.25) is 4.79 Å². The Balaban J connectivity index is 2.44. The summed E-state index contributed by atoms with van der Waals surface area (Å²) in [5, 5.41) is 20.4. The number of carboxylic acid groups (broad SMARTS) is 1. The second-order valence-corrected chi connectivity index (χ2v) is 5.05. The third-order valence-electron chi connectivity index (χ3n) is 2.86. The molecule has 0 aromatic heterocycles. The number of carbonyl (C=O) groups is 2. The second kappa shape index (κ2) is 7.64. The van der Waals surface area contributed by atoms with Crippen molar-refractivity contribution in [2.75, 3.05) is 6.61 Å². The van der Waals surface area contributed by atoms with Crippen LogP contribution in [0.4, 0.5) is 0 Å². The Kier molecular flexibility index (Phi) is 6.17. The van der Waals surface area contributed by atoms with E-state index in [1.54, 1.807) is 0 Å². The number of aliphatic carboxylic acids is 1. The molecule has 0 fully saturated rings. The number of amides is 1. The lowest BCUT2D eigenvalue weighted by Gasteiger charge is -2.17. The topological polar surface area (TPSA) is 95.9 Å². The van der Waals surface area contributed by atoms with Gasteiger partial charge in [0.2, 0.25) is 5.91 Å². The summed E-state index contributed by atoms with van der Waals surface area (Å²) in [6, 6.07) is 4.43. The van der Waals surface area contributed by atoms with Crippen LogP contribution in [-0.4, -0.2) is 40.8 Å². The maximum Gasteiger partial charge on any atom is 0.328 e. The number of hydrogen-bond donors (Lipinski definition) is 3. The SMILES string of the molecule is Cc1cc(C)cc(OCCC(=O)N[C@H](C(=O)O)[C@@H](C)O)c1. The van der Waals surface area contributed by atoms with E-state index >= 15 is 0 Å². The maximum atomic E-state index is 11.6. The number of benzene rings is 1. The quantitative estimate of drug-likeness (QED) is 0.698. The van der Waals surface area contributed by atoms with Gasteiger partial charge in [0.1, 0.15) is 5.75 Å². The average molecular weight is 295 g/mol. The van der Waals surface area contributed by atoms with Crippen molar-refractivity contribution in [1.29, 1.82) is 0 Å². The van der Waals surface area contributed by atoms with Gasteiger partial charge in [0.25, 0.3) is 0 Å². The smallest absolute Gasteiger partial charge is 0.328 e. The third-order valence-corrected chi connectivity index (χ3v) is 2.86. The summed E-state index contributed by atoms with van der Waals surface area (Å²) >= 11 is 0. The molecule has 1 rings (SSSR count). The fraction of sp³-hybridized carbons (Fsp3) is 0.467. The molecule has 1 amide bonds. The highest BCUT2D eigenvalue weighted by atomic mass is 16.5. The molecule has 0 unspecified atom stereocenters. The van der Waals surface area contributed by atoms with Crippen LogP contribution in [0.3, 0.4) is 0 Å². The largest absolute Gasteiger partial charge is 0.493 e. The van der Waals surface area contributed by atoms with Crippen LogP contribution in [-0.2, 0) is 9.59 Å². The molecule has 0 spiro atoms. The Bertz CT molecular complexity index is 493. The first kappa shape index (κ1) is 17.0. The minimum Gasteiger partial charge on any atom is -0.493 e. The van der Waals surface area contributed by atoms with Gasteiger partial charge < -0.3 is 20.3 Å². The van der Waals surface area contributed by atoms with Gasteiger partial charge in [-0.1, -0.05) is 6.07 Å². The summed E-state index contributed by atoms with van der Waals surface area (Å²) < 4.78 is 5.47. The average Bonchev–Trinajstić information content (AvgIpc) is 2.34. The fourth-order valence-corrected chi connectivity index (χ4v) is 1.91. The molecule has 0 aliphatic rings. The zero-order valence-electron chi connectivity index (χ0n) is 12.4. The predicted octanol–water partition coefficient (Wildman–Crippen LogP) is 1.02. The van der Waals surface area contributed by atoms with Crippen LogP contribution in [0.25, 0.3) is 0 Å². The Labute approximate surface area is 123 Å². The van der Waals surface area contributed by atoms with E-state index in [4.69, 9.17) is 9.84 Å². The molecule has 0 saturated heterocycles. The Hall–Kier alpha value is -2.08. The lowest BCUT2D eigenvalue weighted by molar-refractivity contribution is -0.144. The summed E-state index contributed by atoms with van der Waals surface area (Å²) in [5.41, 5.74) is 2.13. The molecule has 6 heteroatoms. The molecule has 0 radical (unpaired) electrons. The molecule has 0 heterocycles. The van der Waals surface area contributed by atoms with E-state index in [0.717, 1.165) is 11.1 Å². The number of carboxylic acids is 1. The van der Waals surface area contributed by atoms with Crippen molar-refractivity contribution < 1.29 is 24.5 Å². The van der Waals surface area contributed by atoms with Crippen LogP contribution in [0.5, 0.6) is 5.75 Å². The standard InChI is InChI=1S/C15H21NO5/c1-9-6-10(2)8-12(7-9)21-5-4-13(18)16-14(11(3)17)15(19)20/h6-8,11,14,17H,4-5H2,1-3H3,(H,16,18)(H,19,20)/t11-,14+/m1/s1. The van der Waals surface area contributed by atoms with Crippen molar-refractivity contribution in [2.24, 2.45) is 0 Å². The van der Waals surface area contributed by atoms with Crippen molar-refractivity contribution in [2.45, 2.75) is 39.3 Å². The molecule has 1 aromatic carbocycles. The van der Waals surface area contributed by atoms with E-state index in [2.05, 4.69) is 5.32 Å². The highest BCUT2D eigenvalue weighted by molar-refractivity contribution is 5.83. The molecule has 0 aliphatic heterocycles. The molecule has 6 nitrogen and oxygen atoms in total. The van der Waals surface area contributed by atoms with Crippen molar-refractivity contribution >= 4 is 11.9 Å². The minimum absolute atomic E-state index is 0.0174. The Morgan fingerprint density at radius 3 is 2.29 bits per heavy atom. The van der Waals surface area contributed by atoms with Gasteiger partial charge >= 0.3 is 5.97 Å². The first-order valence-electron chi connectivity index (χ1n) is 6.71. The second-order valence-electron chi connectivity index (χ2n) is 5.05. The predicted molar refractivity (Wildman–Crippen MR) is 77.3 cm³/mol. The molecule has 1 aromatic rings. The normalized spacial score (nSPS) is 13.3. The zero-order valence-corrected chi connectivity index (χ0v) is 12.4. The van der Waals surface area contributed by atoms with Gasteiger partial charge in [-0.15, -0.1) is 0 Å². The van der Waals surface area contributed by atoms with Crippen LogP contribution in [0.1, 0.15) is 24.5 Å². The lowest BCUT2D eigenvalue weighted by Crippen LogP contribution is -2.47.